The molecule has 4 N–H and O–H groups in total. The fourth-order valence-corrected chi connectivity index (χ4v) is 2.41. The van der Waals surface area contributed by atoms with Crippen molar-refractivity contribution in [2.45, 2.75) is 18.4 Å². The van der Waals surface area contributed by atoms with Crippen LogP contribution in [0.3, 0.4) is 0 Å². The van der Waals surface area contributed by atoms with Gasteiger partial charge in [-0.25, -0.2) is 4.72 Å². The Kier molecular flexibility index (Phi) is 3.85. The van der Waals surface area contributed by atoms with Crippen LogP contribution in [0.15, 0.2) is 0 Å². The minimum atomic E-state index is -3.43. The highest BCUT2D eigenvalue weighted by molar-refractivity contribution is 7.87. The van der Waals surface area contributed by atoms with E-state index in [1.54, 1.807) is 0 Å². The van der Waals surface area contributed by atoms with Gasteiger partial charge in [0.05, 0.1) is 5.54 Å². The maximum Gasteiger partial charge on any atom is 0.277 e. The zero-order valence-electron chi connectivity index (χ0n) is 8.25. The molecule has 0 spiro atoms. The van der Waals surface area contributed by atoms with Crippen LogP contribution in [0.25, 0.3) is 0 Å². The zero-order valence-corrected chi connectivity index (χ0v) is 9.06. The third-order valence-electron chi connectivity index (χ3n) is 2.46. The van der Waals surface area contributed by atoms with Crippen LogP contribution in [0.1, 0.15) is 12.8 Å². The number of nitrogens with two attached hydrogens (primary N) is 1. The van der Waals surface area contributed by atoms with Crippen LogP contribution < -0.4 is 15.2 Å². The van der Waals surface area contributed by atoms with E-state index in [9.17, 15) is 8.42 Å². The molecular weight excluding hydrogens is 206 g/mol. The molecule has 0 aromatic heterocycles. The first-order valence-corrected chi connectivity index (χ1v) is 6.02. The van der Waals surface area contributed by atoms with Crippen LogP contribution in [-0.4, -0.2) is 40.8 Å². The molecule has 14 heavy (non-hydrogen) atoms. The van der Waals surface area contributed by atoms with Crippen molar-refractivity contribution in [2.24, 2.45) is 5.73 Å². The van der Waals surface area contributed by atoms with Crippen LogP contribution in [0.4, 0.5) is 0 Å². The highest BCUT2D eigenvalue weighted by atomic mass is 32.2. The van der Waals surface area contributed by atoms with Crippen LogP contribution in [0, 0.1) is 0 Å². The quantitative estimate of drug-likeness (QED) is 0.543. The first-order chi connectivity index (χ1) is 6.54. The van der Waals surface area contributed by atoms with E-state index in [0.717, 1.165) is 0 Å². The largest absolute Gasteiger partial charge is 0.381 e. The molecule has 0 aromatic rings. The third-order valence-corrected chi connectivity index (χ3v) is 3.70. The van der Waals surface area contributed by atoms with Crippen molar-refractivity contribution in [2.75, 3.05) is 26.8 Å². The maximum atomic E-state index is 11.3. The van der Waals surface area contributed by atoms with Crippen molar-refractivity contribution in [3.8, 4) is 0 Å². The van der Waals surface area contributed by atoms with Crippen molar-refractivity contribution in [3.63, 3.8) is 0 Å². The van der Waals surface area contributed by atoms with Crippen LogP contribution >= 0.6 is 0 Å². The lowest BCUT2D eigenvalue weighted by atomic mass is 9.92. The molecule has 1 rings (SSSR count). The standard InChI is InChI=1S/C7H17N3O3S/c1-9-14(11,12)10-7(6-8)2-4-13-5-3-7/h9-10H,2-6,8H2,1H3. The minimum Gasteiger partial charge on any atom is -0.381 e. The summed E-state index contributed by atoms with van der Waals surface area (Å²) in [4.78, 5) is 0. The number of rotatable bonds is 4. The van der Waals surface area contributed by atoms with E-state index < -0.39 is 15.7 Å². The molecule has 6 nitrogen and oxygen atoms in total. The summed E-state index contributed by atoms with van der Waals surface area (Å²) in [5.41, 5.74) is 5.05. The van der Waals surface area contributed by atoms with Gasteiger partial charge in [-0.15, -0.1) is 0 Å². The summed E-state index contributed by atoms with van der Waals surface area (Å²) in [6.07, 6.45) is 1.23. The molecule has 7 heteroatoms. The predicted octanol–water partition coefficient (Wildman–Crippen LogP) is -1.45. The number of hydrogen-bond acceptors (Lipinski definition) is 4. The lowest BCUT2D eigenvalue weighted by molar-refractivity contribution is 0.0501. The van der Waals surface area contributed by atoms with Crippen LogP contribution in [0.2, 0.25) is 0 Å². The topological polar surface area (TPSA) is 93.5 Å². The first kappa shape index (κ1) is 11.9. The normalized spacial score (nSPS) is 22.1. The first-order valence-electron chi connectivity index (χ1n) is 4.54. The molecule has 0 aromatic carbocycles. The summed E-state index contributed by atoms with van der Waals surface area (Å²) in [7, 11) is -2.06. The van der Waals surface area contributed by atoms with E-state index in [1.165, 1.54) is 7.05 Å². The Bertz CT molecular complexity index is 272. The van der Waals surface area contributed by atoms with E-state index in [4.69, 9.17) is 10.5 Å². The summed E-state index contributed by atoms with van der Waals surface area (Å²) < 4.78 is 32.6. The predicted molar refractivity (Wildman–Crippen MR) is 53.0 cm³/mol. The molecule has 0 radical (unpaired) electrons. The fraction of sp³-hybridized carbons (Fsp3) is 1.00. The monoisotopic (exact) mass is 223 g/mol. The summed E-state index contributed by atoms with van der Waals surface area (Å²) in [6, 6.07) is 0. The molecule has 0 aliphatic carbocycles. The van der Waals surface area contributed by atoms with Crippen molar-refractivity contribution < 1.29 is 13.2 Å². The Balaban J connectivity index is 2.70. The molecule has 0 unspecified atom stereocenters. The van der Waals surface area contributed by atoms with Gasteiger partial charge in [-0.05, 0) is 12.8 Å². The minimum absolute atomic E-state index is 0.289. The lowest BCUT2D eigenvalue weighted by Crippen LogP contribution is -2.58. The van der Waals surface area contributed by atoms with Crippen molar-refractivity contribution in [1.82, 2.24) is 9.44 Å². The second kappa shape index (κ2) is 4.54. The second-order valence-electron chi connectivity index (χ2n) is 3.41. The van der Waals surface area contributed by atoms with Gasteiger partial charge in [0.25, 0.3) is 10.2 Å². The van der Waals surface area contributed by atoms with Gasteiger partial charge in [-0.1, -0.05) is 0 Å². The molecule has 0 bridgehead atoms. The molecule has 84 valence electrons. The molecule has 1 fully saturated rings. The van der Waals surface area contributed by atoms with Gasteiger partial charge in [0.2, 0.25) is 0 Å². The fourth-order valence-electron chi connectivity index (χ4n) is 1.45. The van der Waals surface area contributed by atoms with Gasteiger partial charge < -0.3 is 10.5 Å². The zero-order chi connectivity index (χ0) is 10.7. The van der Waals surface area contributed by atoms with Gasteiger partial charge in [-0.2, -0.15) is 13.1 Å². The molecule has 0 atom stereocenters. The highest BCUT2D eigenvalue weighted by Crippen LogP contribution is 2.19. The Labute approximate surface area is 84.4 Å². The van der Waals surface area contributed by atoms with Gasteiger partial charge in [0.15, 0.2) is 0 Å². The van der Waals surface area contributed by atoms with E-state index in [1.807, 2.05) is 0 Å². The summed E-state index contributed by atoms with van der Waals surface area (Å²) in [5, 5.41) is 0. The van der Waals surface area contributed by atoms with Crippen LogP contribution in [-0.2, 0) is 14.9 Å². The van der Waals surface area contributed by atoms with Crippen LogP contribution in [0.5, 0.6) is 0 Å². The molecule has 1 aliphatic rings. The second-order valence-corrected chi connectivity index (χ2v) is 5.03. The van der Waals surface area contributed by atoms with Crippen molar-refractivity contribution in [1.29, 1.82) is 0 Å². The highest BCUT2D eigenvalue weighted by Gasteiger charge is 2.34. The van der Waals surface area contributed by atoms with E-state index in [-0.39, 0.29) is 6.54 Å². The molecule has 0 amide bonds. The molecule has 1 heterocycles. The Morgan fingerprint density at radius 1 is 1.43 bits per heavy atom. The lowest BCUT2D eigenvalue weighted by Gasteiger charge is -2.36. The molecule has 1 saturated heterocycles. The third kappa shape index (κ3) is 2.89. The van der Waals surface area contributed by atoms with Gasteiger partial charge in [-0.3, -0.25) is 0 Å². The van der Waals surface area contributed by atoms with E-state index >= 15 is 0 Å². The number of ether oxygens (including phenoxy) is 1. The number of nitrogens with one attached hydrogen (secondary N) is 2. The molecule has 0 saturated carbocycles. The van der Waals surface area contributed by atoms with Gasteiger partial charge in [0.1, 0.15) is 0 Å². The van der Waals surface area contributed by atoms with Gasteiger partial charge >= 0.3 is 0 Å². The van der Waals surface area contributed by atoms with Crippen molar-refractivity contribution >= 4 is 10.2 Å². The molecule has 1 aliphatic heterocycles. The van der Waals surface area contributed by atoms with E-state index in [0.29, 0.717) is 26.1 Å². The maximum absolute atomic E-state index is 11.3. The Morgan fingerprint density at radius 2 is 2.00 bits per heavy atom. The Hall–Kier alpha value is -0.210. The SMILES string of the molecule is CNS(=O)(=O)NC1(CN)CCOCC1. The van der Waals surface area contributed by atoms with E-state index in [2.05, 4.69) is 9.44 Å². The van der Waals surface area contributed by atoms with Gasteiger partial charge in [0, 0.05) is 26.8 Å². The average molecular weight is 223 g/mol. The van der Waals surface area contributed by atoms with Crippen molar-refractivity contribution in [3.05, 3.63) is 0 Å². The Morgan fingerprint density at radius 3 is 2.43 bits per heavy atom. The average Bonchev–Trinajstić information content (AvgIpc) is 2.19. The smallest absolute Gasteiger partial charge is 0.277 e. The molecular formula is C7H17N3O3S. The number of hydrogen-bond donors (Lipinski definition) is 3. The summed E-state index contributed by atoms with van der Waals surface area (Å²) in [6.45, 7) is 1.38. The summed E-state index contributed by atoms with van der Waals surface area (Å²) >= 11 is 0. The summed E-state index contributed by atoms with van der Waals surface area (Å²) in [5.74, 6) is 0.